The molecule has 120 valence electrons. The first-order chi connectivity index (χ1) is 10.9. The first-order valence-corrected chi connectivity index (χ1v) is 9.24. The molecular formula is C16H13Br2NO4. The average molecular weight is 443 g/mol. The molecule has 4 rings (SSSR count). The number of aromatic carboxylic acids is 1. The van der Waals surface area contributed by atoms with E-state index in [1.807, 2.05) is 0 Å². The highest BCUT2D eigenvalue weighted by Gasteiger charge is 2.66. The Morgan fingerprint density at radius 3 is 1.91 bits per heavy atom. The highest BCUT2D eigenvalue weighted by atomic mass is 79.9. The SMILES string of the molecule is O=C(O)c1ccc(N2C(=O)[C@@H]3[C@@H]4C[C@@H]([C@H](Br)[C@H]4Br)[C@@H]3C2=O)cc1. The molecule has 1 aliphatic heterocycles. The molecule has 2 aliphatic carbocycles. The van der Waals surface area contributed by atoms with Crippen molar-refractivity contribution < 1.29 is 19.5 Å². The Labute approximate surface area is 149 Å². The minimum atomic E-state index is -1.03. The second-order valence-electron chi connectivity index (χ2n) is 6.37. The lowest BCUT2D eigenvalue weighted by Crippen LogP contribution is -2.37. The molecule has 23 heavy (non-hydrogen) atoms. The molecule has 7 heteroatoms. The van der Waals surface area contributed by atoms with E-state index in [-0.39, 0.29) is 50.7 Å². The van der Waals surface area contributed by atoms with Gasteiger partial charge in [-0.2, -0.15) is 0 Å². The molecular weight excluding hydrogens is 430 g/mol. The highest BCUT2D eigenvalue weighted by Crippen LogP contribution is 2.60. The fourth-order valence-corrected chi connectivity index (χ4v) is 6.23. The third-order valence-electron chi connectivity index (χ3n) is 5.36. The minimum Gasteiger partial charge on any atom is -0.478 e. The highest BCUT2D eigenvalue weighted by molar-refractivity contribution is 9.12. The first-order valence-electron chi connectivity index (χ1n) is 7.41. The fourth-order valence-electron chi connectivity index (χ4n) is 4.36. The molecule has 0 aromatic heterocycles. The first kappa shape index (κ1) is 15.3. The lowest BCUT2D eigenvalue weighted by atomic mass is 9.81. The van der Waals surface area contributed by atoms with Crippen LogP contribution in [0.25, 0.3) is 0 Å². The minimum absolute atomic E-state index is 0.133. The molecule has 2 saturated carbocycles. The molecule has 1 aromatic rings. The molecule has 1 N–H and O–H groups in total. The monoisotopic (exact) mass is 441 g/mol. The summed E-state index contributed by atoms with van der Waals surface area (Å²) in [5.74, 6) is -1.51. The van der Waals surface area contributed by atoms with Crippen molar-refractivity contribution in [2.24, 2.45) is 23.7 Å². The predicted molar refractivity (Wildman–Crippen MR) is 89.9 cm³/mol. The number of hydrogen-bond donors (Lipinski definition) is 1. The molecule has 1 aromatic carbocycles. The lowest BCUT2D eigenvalue weighted by molar-refractivity contribution is -0.123. The molecule has 5 nitrogen and oxygen atoms in total. The maximum atomic E-state index is 12.8. The molecule has 6 atom stereocenters. The van der Waals surface area contributed by atoms with E-state index in [2.05, 4.69) is 31.9 Å². The van der Waals surface area contributed by atoms with E-state index >= 15 is 0 Å². The number of anilines is 1. The largest absolute Gasteiger partial charge is 0.478 e. The lowest BCUT2D eigenvalue weighted by Gasteiger charge is -2.28. The number of nitrogens with zero attached hydrogens (tertiary/aromatic N) is 1. The summed E-state index contributed by atoms with van der Waals surface area (Å²) in [7, 11) is 0. The van der Waals surface area contributed by atoms with E-state index in [4.69, 9.17) is 5.11 Å². The van der Waals surface area contributed by atoms with Crippen molar-refractivity contribution in [1.82, 2.24) is 0 Å². The quantitative estimate of drug-likeness (QED) is 0.564. The molecule has 3 fully saturated rings. The number of fused-ring (bicyclic) bond motifs is 5. The summed E-state index contributed by atoms with van der Waals surface area (Å²) in [6.45, 7) is 0. The van der Waals surface area contributed by atoms with Gasteiger partial charge in [0.2, 0.25) is 11.8 Å². The van der Waals surface area contributed by atoms with Gasteiger partial charge < -0.3 is 5.11 Å². The number of carboxylic acids is 1. The van der Waals surface area contributed by atoms with Crippen LogP contribution in [0.2, 0.25) is 0 Å². The van der Waals surface area contributed by atoms with Gasteiger partial charge in [-0.25, -0.2) is 4.79 Å². The fraction of sp³-hybridized carbons (Fsp3) is 0.438. The van der Waals surface area contributed by atoms with Crippen LogP contribution in [0.3, 0.4) is 0 Å². The van der Waals surface area contributed by atoms with Crippen molar-refractivity contribution in [2.45, 2.75) is 16.1 Å². The summed E-state index contributed by atoms with van der Waals surface area (Å²) in [5, 5.41) is 8.95. The maximum absolute atomic E-state index is 12.8. The van der Waals surface area contributed by atoms with Gasteiger partial charge in [0, 0.05) is 9.65 Å². The Kier molecular flexibility index (Phi) is 3.43. The smallest absolute Gasteiger partial charge is 0.335 e. The number of imide groups is 1. The van der Waals surface area contributed by atoms with Crippen molar-refractivity contribution in [3.63, 3.8) is 0 Å². The van der Waals surface area contributed by atoms with Crippen LogP contribution in [0.1, 0.15) is 16.8 Å². The second kappa shape index (κ2) is 5.14. The maximum Gasteiger partial charge on any atom is 0.335 e. The summed E-state index contributed by atoms with van der Waals surface area (Å²) in [4.78, 5) is 38.2. The van der Waals surface area contributed by atoms with E-state index in [9.17, 15) is 14.4 Å². The Hall–Kier alpha value is -1.21. The third-order valence-corrected chi connectivity index (χ3v) is 8.57. The number of carbonyl (C=O) groups excluding carboxylic acids is 2. The third kappa shape index (κ3) is 1.99. The van der Waals surface area contributed by atoms with Gasteiger partial charge in [-0.15, -0.1) is 0 Å². The van der Waals surface area contributed by atoms with Crippen LogP contribution in [0.4, 0.5) is 5.69 Å². The van der Waals surface area contributed by atoms with Crippen molar-refractivity contribution in [3.8, 4) is 0 Å². The Balaban J connectivity index is 1.68. The summed E-state index contributed by atoms with van der Waals surface area (Å²) < 4.78 is 0. The van der Waals surface area contributed by atoms with Crippen LogP contribution < -0.4 is 4.90 Å². The van der Waals surface area contributed by atoms with Gasteiger partial charge in [0.05, 0.1) is 23.1 Å². The van der Waals surface area contributed by atoms with Crippen LogP contribution in [0.5, 0.6) is 0 Å². The number of amides is 2. The standard InChI is InChI=1S/C16H13Br2NO4/c17-12-8-5-9(13(12)18)11-10(8)14(20)19(15(11)21)7-3-1-6(2-4-7)16(22)23/h1-4,8-13H,5H2,(H,22,23)/t8-,9+,10+,11-,12-,13-/m0/s1. The summed E-state index contributed by atoms with van der Waals surface area (Å²) in [6.07, 6.45) is 0.893. The number of alkyl halides is 2. The van der Waals surface area contributed by atoms with Crippen molar-refractivity contribution in [2.75, 3.05) is 4.90 Å². The van der Waals surface area contributed by atoms with Crippen molar-refractivity contribution in [1.29, 1.82) is 0 Å². The van der Waals surface area contributed by atoms with E-state index in [1.54, 1.807) is 0 Å². The molecule has 1 saturated heterocycles. The number of carboxylic acid groups (broad SMARTS) is 1. The van der Waals surface area contributed by atoms with Gasteiger partial charge in [0.25, 0.3) is 0 Å². The van der Waals surface area contributed by atoms with E-state index in [0.29, 0.717) is 5.69 Å². The topological polar surface area (TPSA) is 74.7 Å². The van der Waals surface area contributed by atoms with Crippen LogP contribution in [0.15, 0.2) is 24.3 Å². The van der Waals surface area contributed by atoms with Gasteiger partial charge in [0.1, 0.15) is 0 Å². The molecule has 3 aliphatic rings. The number of halogens is 2. The Morgan fingerprint density at radius 1 is 1.00 bits per heavy atom. The number of hydrogen-bond acceptors (Lipinski definition) is 3. The van der Waals surface area contributed by atoms with E-state index < -0.39 is 5.97 Å². The number of benzene rings is 1. The molecule has 2 amide bonds. The molecule has 1 heterocycles. The van der Waals surface area contributed by atoms with Crippen LogP contribution >= 0.6 is 31.9 Å². The second-order valence-corrected chi connectivity index (χ2v) is 8.48. The van der Waals surface area contributed by atoms with Crippen molar-refractivity contribution >= 4 is 55.3 Å². The van der Waals surface area contributed by atoms with Gasteiger partial charge in [-0.3, -0.25) is 14.5 Å². The predicted octanol–water partition coefficient (Wildman–Crippen LogP) is 2.67. The zero-order valence-electron chi connectivity index (χ0n) is 11.9. The van der Waals surface area contributed by atoms with Crippen molar-refractivity contribution in [3.05, 3.63) is 29.8 Å². The van der Waals surface area contributed by atoms with Crippen LogP contribution in [-0.2, 0) is 9.59 Å². The zero-order chi connectivity index (χ0) is 16.5. The summed E-state index contributed by atoms with van der Waals surface area (Å²) >= 11 is 7.30. The van der Waals surface area contributed by atoms with E-state index in [1.165, 1.54) is 29.2 Å². The summed E-state index contributed by atoms with van der Waals surface area (Å²) in [6, 6.07) is 5.89. The molecule has 0 unspecified atom stereocenters. The van der Waals surface area contributed by atoms with E-state index in [0.717, 1.165) is 6.42 Å². The van der Waals surface area contributed by atoms with Crippen LogP contribution in [0, 0.1) is 23.7 Å². The van der Waals surface area contributed by atoms with Gasteiger partial charge in [-0.1, -0.05) is 31.9 Å². The Morgan fingerprint density at radius 2 is 1.48 bits per heavy atom. The van der Waals surface area contributed by atoms with Crippen LogP contribution in [-0.4, -0.2) is 32.5 Å². The molecule has 0 radical (unpaired) electrons. The average Bonchev–Trinajstić information content (AvgIpc) is 3.12. The van der Waals surface area contributed by atoms with Gasteiger partial charge in [0.15, 0.2) is 0 Å². The van der Waals surface area contributed by atoms with Gasteiger partial charge >= 0.3 is 5.97 Å². The number of rotatable bonds is 2. The summed E-state index contributed by atoms with van der Waals surface area (Å²) in [5.41, 5.74) is 0.588. The molecule has 2 bridgehead atoms. The number of carbonyl (C=O) groups is 3. The Bertz CT molecular complexity index is 687. The van der Waals surface area contributed by atoms with Gasteiger partial charge in [-0.05, 0) is 42.5 Å². The normalized spacial score (nSPS) is 38.3. The molecule has 0 spiro atoms. The zero-order valence-corrected chi connectivity index (χ0v) is 15.0.